The highest BCUT2D eigenvalue weighted by Gasteiger charge is 2.21. The molecule has 0 bridgehead atoms. The number of carbonyl (C=O) groups excluding carboxylic acids is 2. The molecule has 6 heteroatoms. The van der Waals surface area contributed by atoms with Gasteiger partial charge < -0.3 is 10.1 Å². The third-order valence-corrected chi connectivity index (χ3v) is 2.38. The molecule has 4 nitrogen and oxygen atoms in total. The van der Waals surface area contributed by atoms with Crippen molar-refractivity contribution in [1.82, 2.24) is 5.32 Å². The minimum atomic E-state index is -1.13. The second-order valence-corrected chi connectivity index (χ2v) is 3.70. The topological polar surface area (TPSA) is 55.4 Å². The van der Waals surface area contributed by atoms with Crippen molar-refractivity contribution in [2.24, 2.45) is 0 Å². The van der Waals surface area contributed by atoms with Gasteiger partial charge in [-0.15, -0.1) is 6.58 Å². The maximum atomic E-state index is 13.0. The van der Waals surface area contributed by atoms with Gasteiger partial charge in [0.25, 0.3) is 5.91 Å². The molecule has 1 rings (SSSR count). The van der Waals surface area contributed by atoms with Crippen LogP contribution < -0.4 is 5.32 Å². The van der Waals surface area contributed by atoms with E-state index in [-0.39, 0.29) is 12.0 Å². The molecule has 0 aromatic heterocycles. The average Bonchev–Trinajstić information content (AvgIpc) is 2.40. The summed E-state index contributed by atoms with van der Waals surface area (Å²) in [5, 5.41) is 2.36. The normalized spacial score (nSPS) is 11.5. The van der Waals surface area contributed by atoms with Gasteiger partial charge in [0.1, 0.15) is 6.04 Å². The van der Waals surface area contributed by atoms with Crippen molar-refractivity contribution in [1.29, 1.82) is 0 Å². The van der Waals surface area contributed by atoms with Crippen LogP contribution in [0.3, 0.4) is 0 Å². The lowest BCUT2D eigenvalue weighted by Crippen LogP contribution is -2.41. The quantitative estimate of drug-likeness (QED) is 0.655. The van der Waals surface area contributed by atoms with E-state index in [1.807, 2.05) is 0 Å². The van der Waals surface area contributed by atoms with Crippen LogP contribution in [-0.4, -0.2) is 25.0 Å². The largest absolute Gasteiger partial charge is 0.467 e. The van der Waals surface area contributed by atoms with Crippen molar-refractivity contribution in [2.45, 2.75) is 12.5 Å². The lowest BCUT2D eigenvalue weighted by atomic mass is 10.1. The zero-order valence-electron chi connectivity index (χ0n) is 10.3. The van der Waals surface area contributed by atoms with Crippen LogP contribution in [0.25, 0.3) is 0 Å². The molecule has 1 aromatic rings. The first-order chi connectivity index (χ1) is 8.99. The molecule has 0 aliphatic rings. The fraction of sp³-hybridized carbons (Fsp3) is 0.231. The van der Waals surface area contributed by atoms with Crippen LogP contribution in [0, 0.1) is 11.6 Å². The second kappa shape index (κ2) is 6.63. The Hall–Kier alpha value is -2.24. The number of hydrogen-bond acceptors (Lipinski definition) is 3. The van der Waals surface area contributed by atoms with Gasteiger partial charge in [-0.3, -0.25) is 4.79 Å². The molecule has 0 fully saturated rings. The van der Waals surface area contributed by atoms with Crippen LogP contribution in [0.5, 0.6) is 0 Å². The smallest absolute Gasteiger partial charge is 0.328 e. The zero-order chi connectivity index (χ0) is 14.4. The Morgan fingerprint density at radius 2 is 2.11 bits per heavy atom. The van der Waals surface area contributed by atoms with Gasteiger partial charge in [0, 0.05) is 5.56 Å². The molecule has 0 aliphatic heterocycles. The van der Waals surface area contributed by atoms with Gasteiger partial charge >= 0.3 is 5.97 Å². The number of carbonyl (C=O) groups is 2. The van der Waals surface area contributed by atoms with E-state index in [1.165, 1.54) is 13.2 Å². The summed E-state index contributed by atoms with van der Waals surface area (Å²) in [6.45, 7) is 3.45. The van der Waals surface area contributed by atoms with Crippen molar-refractivity contribution < 1.29 is 23.1 Å². The maximum Gasteiger partial charge on any atom is 0.328 e. The van der Waals surface area contributed by atoms with E-state index in [2.05, 4.69) is 16.6 Å². The molecule has 0 saturated heterocycles. The predicted octanol–water partition coefficient (Wildman–Crippen LogP) is 1.81. The van der Waals surface area contributed by atoms with Crippen molar-refractivity contribution in [3.05, 3.63) is 48.1 Å². The highest BCUT2D eigenvalue weighted by Crippen LogP contribution is 2.09. The molecule has 0 aliphatic carbocycles. The second-order valence-electron chi connectivity index (χ2n) is 3.70. The van der Waals surface area contributed by atoms with Crippen LogP contribution in [0.15, 0.2) is 30.9 Å². The number of rotatable bonds is 5. The van der Waals surface area contributed by atoms with E-state index in [0.29, 0.717) is 0 Å². The van der Waals surface area contributed by atoms with Gasteiger partial charge in [0.2, 0.25) is 0 Å². The lowest BCUT2D eigenvalue weighted by Gasteiger charge is -2.14. The van der Waals surface area contributed by atoms with E-state index < -0.39 is 29.6 Å². The Labute approximate surface area is 109 Å². The van der Waals surface area contributed by atoms with Crippen LogP contribution in [0.1, 0.15) is 16.8 Å². The summed E-state index contributed by atoms with van der Waals surface area (Å²) in [5.41, 5.74) is -0.0862. The molecule has 0 saturated carbocycles. The van der Waals surface area contributed by atoms with Gasteiger partial charge in [-0.1, -0.05) is 6.08 Å². The summed E-state index contributed by atoms with van der Waals surface area (Å²) in [6, 6.07) is 1.80. The number of ether oxygens (including phenoxy) is 1. The summed E-state index contributed by atoms with van der Waals surface area (Å²) in [7, 11) is 1.18. The molecule has 0 heterocycles. The van der Waals surface area contributed by atoms with Gasteiger partial charge in [0.15, 0.2) is 11.6 Å². The predicted molar refractivity (Wildman–Crippen MR) is 64.4 cm³/mol. The molecule has 1 aromatic carbocycles. The number of esters is 1. The van der Waals surface area contributed by atoms with Gasteiger partial charge in [-0.25, -0.2) is 13.6 Å². The molecular weight excluding hydrogens is 256 g/mol. The average molecular weight is 269 g/mol. The Bertz CT molecular complexity index is 503. The summed E-state index contributed by atoms with van der Waals surface area (Å²) in [5.74, 6) is -3.52. The van der Waals surface area contributed by atoms with Gasteiger partial charge in [-0.2, -0.15) is 0 Å². The van der Waals surface area contributed by atoms with E-state index >= 15 is 0 Å². The highest BCUT2D eigenvalue weighted by molar-refractivity contribution is 5.96. The molecule has 19 heavy (non-hydrogen) atoms. The van der Waals surface area contributed by atoms with Crippen molar-refractivity contribution >= 4 is 11.9 Å². The maximum absolute atomic E-state index is 13.0. The minimum Gasteiger partial charge on any atom is -0.467 e. The van der Waals surface area contributed by atoms with Crippen molar-refractivity contribution in [2.75, 3.05) is 7.11 Å². The van der Waals surface area contributed by atoms with E-state index in [4.69, 9.17) is 0 Å². The Morgan fingerprint density at radius 3 is 2.63 bits per heavy atom. The first-order valence-corrected chi connectivity index (χ1v) is 5.44. The van der Waals surface area contributed by atoms with Crippen LogP contribution in [0.4, 0.5) is 8.78 Å². The molecule has 102 valence electrons. The lowest BCUT2D eigenvalue weighted by molar-refractivity contribution is -0.142. The standard InChI is InChI=1S/C13H13F2NO3/c1-3-4-11(13(18)19-2)16-12(17)8-5-6-9(14)10(15)7-8/h3,5-7,11H,1,4H2,2H3,(H,16,17)/t11-/m0/s1. The van der Waals surface area contributed by atoms with E-state index in [0.717, 1.165) is 18.2 Å². The Kier molecular flexibility index (Phi) is 5.17. The fourth-order valence-electron chi connectivity index (χ4n) is 1.40. The first kappa shape index (κ1) is 14.8. The van der Waals surface area contributed by atoms with Crippen LogP contribution >= 0.6 is 0 Å². The number of methoxy groups -OCH3 is 1. The summed E-state index contributed by atoms with van der Waals surface area (Å²) >= 11 is 0. The third-order valence-electron chi connectivity index (χ3n) is 2.38. The van der Waals surface area contributed by atoms with Crippen molar-refractivity contribution in [3.63, 3.8) is 0 Å². The van der Waals surface area contributed by atoms with E-state index in [9.17, 15) is 18.4 Å². The number of nitrogens with one attached hydrogen (secondary N) is 1. The molecule has 0 radical (unpaired) electrons. The van der Waals surface area contributed by atoms with Crippen molar-refractivity contribution in [3.8, 4) is 0 Å². The fourth-order valence-corrected chi connectivity index (χ4v) is 1.40. The van der Waals surface area contributed by atoms with Crippen LogP contribution in [-0.2, 0) is 9.53 Å². The Balaban J connectivity index is 2.84. The molecule has 1 atom stereocenters. The summed E-state index contributed by atoms with van der Waals surface area (Å²) in [6.07, 6.45) is 1.61. The summed E-state index contributed by atoms with van der Waals surface area (Å²) in [4.78, 5) is 23.1. The zero-order valence-corrected chi connectivity index (χ0v) is 10.3. The molecule has 0 spiro atoms. The minimum absolute atomic E-state index is 0.0862. The Morgan fingerprint density at radius 1 is 1.42 bits per heavy atom. The number of benzene rings is 1. The number of halogens is 2. The first-order valence-electron chi connectivity index (χ1n) is 5.44. The molecule has 1 N–H and O–H groups in total. The molecule has 1 amide bonds. The molecule has 0 unspecified atom stereocenters. The highest BCUT2D eigenvalue weighted by atomic mass is 19.2. The monoisotopic (exact) mass is 269 g/mol. The van der Waals surface area contributed by atoms with Gasteiger partial charge in [-0.05, 0) is 24.6 Å². The summed E-state index contributed by atoms with van der Waals surface area (Å²) < 4.78 is 30.2. The SMILES string of the molecule is C=CC[C@H](NC(=O)c1ccc(F)c(F)c1)C(=O)OC. The number of amides is 1. The van der Waals surface area contributed by atoms with Crippen LogP contribution in [0.2, 0.25) is 0 Å². The molecular formula is C13H13F2NO3. The van der Waals surface area contributed by atoms with Gasteiger partial charge in [0.05, 0.1) is 7.11 Å². The third kappa shape index (κ3) is 3.87. The number of hydrogen-bond donors (Lipinski definition) is 1. The van der Waals surface area contributed by atoms with E-state index in [1.54, 1.807) is 0 Å².